The minimum Gasteiger partial charge on any atom is -0.491 e. The average molecular weight is 550 g/mol. The van der Waals surface area contributed by atoms with Gasteiger partial charge < -0.3 is 19.5 Å². The maximum atomic E-state index is 13.4. The molecule has 1 unspecified atom stereocenters. The first-order valence-corrected chi connectivity index (χ1v) is 13.7. The van der Waals surface area contributed by atoms with Gasteiger partial charge in [-0.25, -0.2) is 0 Å². The van der Waals surface area contributed by atoms with E-state index in [0.717, 1.165) is 41.7 Å². The molecule has 7 heteroatoms. The predicted octanol–water partition coefficient (Wildman–Crippen LogP) is 6.70. The Balaban J connectivity index is 1.45. The Hall–Kier alpha value is -3.51. The molecule has 206 valence electrons. The van der Waals surface area contributed by atoms with Crippen LogP contribution in [0.5, 0.6) is 11.5 Å². The SMILES string of the molecule is Cc1cc(OCCN(CC(=O)O)C(=O)c2ccc3c(c2)CCC(C)(Cc2ccccc2)O3)c(C(C)C)cc1Cl. The fourth-order valence-electron chi connectivity index (χ4n) is 4.99. The van der Waals surface area contributed by atoms with Gasteiger partial charge >= 0.3 is 5.97 Å². The van der Waals surface area contributed by atoms with Gasteiger partial charge in [-0.3, -0.25) is 9.59 Å². The fraction of sp³-hybridized carbons (Fsp3) is 0.375. The standard InChI is InChI=1S/C32H36ClNO5/c1-21(2)26-18-27(33)22(3)16-29(26)38-15-14-34(20-30(35)36)31(37)25-10-11-28-24(17-25)12-13-32(4,39-28)19-23-8-6-5-7-9-23/h5-11,16-18,21H,12-15,19-20H2,1-4H3,(H,35,36). The summed E-state index contributed by atoms with van der Waals surface area (Å²) < 4.78 is 12.4. The van der Waals surface area contributed by atoms with Crippen molar-refractivity contribution < 1.29 is 24.2 Å². The highest BCUT2D eigenvalue weighted by atomic mass is 35.5. The number of nitrogens with zero attached hydrogens (tertiary/aromatic N) is 1. The van der Waals surface area contributed by atoms with Gasteiger partial charge in [-0.15, -0.1) is 0 Å². The number of hydrogen-bond donors (Lipinski definition) is 1. The zero-order chi connectivity index (χ0) is 28.2. The minimum atomic E-state index is -1.08. The summed E-state index contributed by atoms with van der Waals surface area (Å²) in [6.45, 7) is 8.00. The molecule has 1 aliphatic heterocycles. The number of carboxylic acid groups (broad SMARTS) is 1. The van der Waals surface area contributed by atoms with Gasteiger partial charge in [-0.05, 0) is 85.2 Å². The lowest BCUT2D eigenvalue weighted by molar-refractivity contribution is -0.137. The van der Waals surface area contributed by atoms with Crippen LogP contribution in [-0.4, -0.2) is 47.2 Å². The highest BCUT2D eigenvalue weighted by molar-refractivity contribution is 6.31. The van der Waals surface area contributed by atoms with Crippen molar-refractivity contribution in [2.45, 2.75) is 58.5 Å². The van der Waals surface area contributed by atoms with E-state index in [9.17, 15) is 14.7 Å². The quantitative estimate of drug-likeness (QED) is 0.304. The third-order valence-electron chi connectivity index (χ3n) is 7.15. The Bertz CT molecular complexity index is 1340. The molecule has 0 bridgehead atoms. The molecule has 1 aliphatic rings. The maximum Gasteiger partial charge on any atom is 0.323 e. The third-order valence-corrected chi connectivity index (χ3v) is 7.56. The molecule has 1 amide bonds. The van der Waals surface area contributed by atoms with Crippen molar-refractivity contribution in [2.24, 2.45) is 0 Å². The highest BCUT2D eigenvalue weighted by Crippen LogP contribution is 2.36. The van der Waals surface area contributed by atoms with Gasteiger partial charge in [0.1, 0.15) is 30.3 Å². The molecule has 6 nitrogen and oxygen atoms in total. The Morgan fingerprint density at radius 2 is 1.87 bits per heavy atom. The van der Waals surface area contributed by atoms with Crippen molar-refractivity contribution in [3.05, 3.63) is 93.5 Å². The van der Waals surface area contributed by atoms with E-state index >= 15 is 0 Å². The smallest absolute Gasteiger partial charge is 0.323 e. The molecule has 1 heterocycles. The summed E-state index contributed by atoms with van der Waals surface area (Å²) in [5.41, 5.74) is 4.14. The van der Waals surface area contributed by atoms with Crippen LogP contribution < -0.4 is 9.47 Å². The molecule has 0 saturated heterocycles. The molecule has 0 aromatic heterocycles. The number of carbonyl (C=O) groups excluding carboxylic acids is 1. The van der Waals surface area contributed by atoms with Gasteiger partial charge in [-0.2, -0.15) is 0 Å². The molecule has 0 aliphatic carbocycles. The van der Waals surface area contributed by atoms with E-state index in [1.54, 1.807) is 6.07 Å². The van der Waals surface area contributed by atoms with Crippen molar-refractivity contribution in [1.82, 2.24) is 4.90 Å². The summed E-state index contributed by atoms with van der Waals surface area (Å²) in [4.78, 5) is 26.3. The van der Waals surface area contributed by atoms with Crippen LogP contribution in [0.1, 0.15) is 65.7 Å². The topological polar surface area (TPSA) is 76.1 Å². The van der Waals surface area contributed by atoms with E-state index in [1.165, 1.54) is 10.5 Å². The second kappa shape index (κ2) is 12.1. The second-order valence-corrected chi connectivity index (χ2v) is 11.2. The van der Waals surface area contributed by atoms with Crippen LogP contribution in [0.25, 0.3) is 0 Å². The first kappa shape index (κ1) is 28.5. The predicted molar refractivity (Wildman–Crippen MR) is 153 cm³/mol. The van der Waals surface area contributed by atoms with Crippen LogP contribution >= 0.6 is 11.6 Å². The Morgan fingerprint density at radius 1 is 1.13 bits per heavy atom. The van der Waals surface area contributed by atoms with E-state index in [0.29, 0.717) is 16.3 Å². The monoisotopic (exact) mass is 549 g/mol. The molecular formula is C32H36ClNO5. The van der Waals surface area contributed by atoms with Crippen molar-refractivity contribution in [1.29, 1.82) is 0 Å². The molecule has 0 saturated carbocycles. The Morgan fingerprint density at radius 3 is 2.56 bits per heavy atom. The molecule has 0 spiro atoms. The molecular weight excluding hydrogens is 514 g/mol. The van der Waals surface area contributed by atoms with Crippen molar-refractivity contribution in [3.8, 4) is 11.5 Å². The lowest BCUT2D eigenvalue weighted by Crippen LogP contribution is -2.39. The molecule has 1 atom stereocenters. The molecule has 39 heavy (non-hydrogen) atoms. The molecule has 0 fully saturated rings. The largest absolute Gasteiger partial charge is 0.491 e. The van der Waals surface area contributed by atoms with Crippen LogP contribution in [0.4, 0.5) is 0 Å². The number of rotatable bonds is 10. The zero-order valence-corrected chi connectivity index (χ0v) is 23.8. The maximum absolute atomic E-state index is 13.4. The lowest BCUT2D eigenvalue weighted by Gasteiger charge is -2.36. The van der Waals surface area contributed by atoms with Gasteiger partial charge in [0.05, 0.1) is 6.54 Å². The Kier molecular flexibility index (Phi) is 8.86. The van der Waals surface area contributed by atoms with Gasteiger partial charge in [0.2, 0.25) is 0 Å². The minimum absolute atomic E-state index is 0.132. The first-order valence-electron chi connectivity index (χ1n) is 13.3. The zero-order valence-electron chi connectivity index (χ0n) is 23.0. The van der Waals surface area contributed by atoms with E-state index in [1.807, 2.05) is 49.4 Å². The number of amides is 1. The van der Waals surface area contributed by atoms with Crippen LogP contribution in [-0.2, 0) is 17.6 Å². The van der Waals surface area contributed by atoms with Crippen molar-refractivity contribution in [3.63, 3.8) is 0 Å². The van der Waals surface area contributed by atoms with Gasteiger partial charge in [0.25, 0.3) is 5.91 Å². The summed E-state index contributed by atoms with van der Waals surface area (Å²) in [6.07, 6.45) is 2.39. The molecule has 0 radical (unpaired) electrons. The number of halogens is 1. The van der Waals surface area contributed by atoms with E-state index < -0.39 is 12.5 Å². The number of benzene rings is 3. The average Bonchev–Trinajstić information content (AvgIpc) is 2.89. The number of aryl methyl sites for hydroxylation is 2. The number of hydrogen-bond acceptors (Lipinski definition) is 4. The van der Waals surface area contributed by atoms with Crippen molar-refractivity contribution >= 4 is 23.5 Å². The van der Waals surface area contributed by atoms with E-state index in [-0.39, 0.29) is 30.6 Å². The summed E-state index contributed by atoms with van der Waals surface area (Å²) in [5, 5.41) is 10.2. The number of fused-ring (bicyclic) bond motifs is 1. The van der Waals surface area contributed by atoms with Crippen LogP contribution in [0.15, 0.2) is 60.7 Å². The third kappa shape index (κ3) is 7.12. The van der Waals surface area contributed by atoms with Crippen LogP contribution in [0.2, 0.25) is 5.02 Å². The van der Waals surface area contributed by atoms with E-state index in [2.05, 4.69) is 32.9 Å². The molecule has 4 rings (SSSR count). The van der Waals surface area contributed by atoms with Crippen LogP contribution in [0, 0.1) is 6.92 Å². The Labute approximate surface area is 235 Å². The second-order valence-electron chi connectivity index (χ2n) is 10.8. The van der Waals surface area contributed by atoms with Crippen molar-refractivity contribution in [2.75, 3.05) is 19.7 Å². The molecule has 3 aromatic rings. The summed E-state index contributed by atoms with van der Waals surface area (Å²) >= 11 is 6.30. The van der Waals surface area contributed by atoms with Gasteiger partial charge in [0.15, 0.2) is 0 Å². The highest BCUT2D eigenvalue weighted by Gasteiger charge is 2.32. The number of carboxylic acids is 1. The summed E-state index contributed by atoms with van der Waals surface area (Å²) in [6, 6.07) is 19.4. The number of ether oxygens (including phenoxy) is 2. The summed E-state index contributed by atoms with van der Waals surface area (Å²) in [5.74, 6) is 0.231. The van der Waals surface area contributed by atoms with Gasteiger partial charge in [-0.1, -0.05) is 55.8 Å². The number of carbonyl (C=O) groups is 2. The van der Waals surface area contributed by atoms with Gasteiger partial charge in [0, 0.05) is 17.0 Å². The normalized spacial score (nSPS) is 16.4. The number of aliphatic carboxylic acids is 1. The molecule has 3 aromatic carbocycles. The first-order chi connectivity index (χ1) is 18.5. The van der Waals surface area contributed by atoms with E-state index in [4.69, 9.17) is 21.1 Å². The molecule has 1 N–H and O–H groups in total. The van der Waals surface area contributed by atoms with Crippen LogP contribution in [0.3, 0.4) is 0 Å². The lowest BCUT2D eigenvalue weighted by atomic mass is 9.87. The summed E-state index contributed by atoms with van der Waals surface area (Å²) in [7, 11) is 0. The fourth-order valence-corrected chi connectivity index (χ4v) is 5.16.